The molecule has 1 aliphatic rings. The molecule has 108 valence electrons. The lowest BCUT2D eigenvalue weighted by Crippen LogP contribution is -2.37. The second kappa shape index (κ2) is 7.55. The molecular weight excluding hydrogens is 320 g/mol. The summed E-state index contributed by atoms with van der Waals surface area (Å²) in [6, 6.07) is 1.80. The van der Waals surface area contributed by atoms with Gasteiger partial charge in [-0.25, -0.2) is 0 Å². The van der Waals surface area contributed by atoms with Crippen molar-refractivity contribution in [1.82, 2.24) is 10.3 Å². The fraction of sp³-hybridized carbons (Fsp3) is 0.467. The van der Waals surface area contributed by atoms with Gasteiger partial charge in [0.2, 0.25) is 5.91 Å². The second-order valence-corrected chi connectivity index (χ2v) is 5.87. The minimum Gasteiger partial charge on any atom is -0.383 e. The number of pyridine rings is 1. The highest BCUT2D eigenvalue weighted by Crippen LogP contribution is 2.17. The molecule has 0 saturated carbocycles. The molecule has 1 aromatic heterocycles. The van der Waals surface area contributed by atoms with E-state index < -0.39 is 6.10 Å². The maximum absolute atomic E-state index is 11.9. The van der Waals surface area contributed by atoms with Crippen LogP contribution in [0.2, 0.25) is 0 Å². The number of aliphatic hydroxyl groups excluding tert-OH is 1. The summed E-state index contributed by atoms with van der Waals surface area (Å²) in [5.74, 6) is -0.319. The summed E-state index contributed by atoms with van der Waals surface area (Å²) in [4.78, 5) is 15.8. The van der Waals surface area contributed by atoms with Gasteiger partial charge in [-0.3, -0.25) is 9.78 Å². The second-order valence-electron chi connectivity index (χ2n) is 5.01. The molecule has 0 bridgehead atoms. The number of hydrogen-bond acceptors (Lipinski definition) is 3. The third kappa shape index (κ3) is 4.42. The summed E-state index contributed by atoms with van der Waals surface area (Å²) < 4.78 is 0.807. The summed E-state index contributed by atoms with van der Waals surface area (Å²) in [7, 11) is 0. The molecule has 20 heavy (non-hydrogen) atoms. The van der Waals surface area contributed by atoms with Crippen molar-refractivity contribution in [2.45, 2.75) is 38.2 Å². The predicted molar refractivity (Wildman–Crippen MR) is 81.2 cm³/mol. The van der Waals surface area contributed by atoms with Gasteiger partial charge in [0.1, 0.15) is 6.10 Å². The number of nitrogens with one attached hydrogen (secondary N) is 1. The van der Waals surface area contributed by atoms with Gasteiger partial charge in [-0.2, -0.15) is 0 Å². The number of nitrogens with zero attached hydrogens (tertiary/aromatic N) is 1. The number of hydrogen-bond donors (Lipinski definition) is 2. The molecule has 0 aliphatic heterocycles. The van der Waals surface area contributed by atoms with Gasteiger partial charge in [0.25, 0.3) is 0 Å². The van der Waals surface area contributed by atoms with Gasteiger partial charge in [-0.05, 0) is 53.2 Å². The molecule has 5 heteroatoms. The number of aliphatic hydroxyl groups is 1. The standard InChI is InChI=1S/C15H19BrN2O2/c16-13-10-17-7-6-12(13)8-14(19)15(20)18-9-11-4-2-1-3-5-11/h4,6-7,10,14,19H,1-3,5,8-9H2,(H,18,20). The quantitative estimate of drug-likeness (QED) is 0.810. The minimum atomic E-state index is -1.03. The zero-order chi connectivity index (χ0) is 14.4. The Morgan fingerprint density at radius 1 is 1.50 bits per heavy atom. The fourth-order valence-electron chi connectivity index (χ4n) is 2.25. The molecule has 0 saturated heterocycles. The molecule has 1 atom stereocenters. The Kier molecular flexibility index (Phi) is 5.73. The third-order valence-electron chi connectivity index (χ3n) is 3.45. The fourth-order valence-corrected chi connectivity index (χ4v) is 2.67. The summed E-state index contributed by atoms with van der Waals surface area (Å²) in [6.45, 7) is 0.549. The Morgan fingerprint density at radius 2 is 2.35 bits per heavy atom. The number of aromatic nitrogens is 1. The van der Waals surface area contributed by atoms with Crippen molar-refractivity contribution < 1.29 is 9.90 Å². The van der Waals surface area contributed by atoms with Gasteiger partial charge in [0, 0.05) is 29.8 Å². The number of rotatable bonds is 5. The summed E-state index contributed by atoms with van der Waals surface area (Å²) in [6.07, 6.45) is 9.32. The summed E-state index contributed by atoms with van der Waals surface area (Å²) in [5.41, 5.74) is 2.14. The van der Waals surface area contributed by atoms with Crippen LogP contribution in [0.3, 0.4) is 0 Å². The molecule has 2 N–H and O–H groups in total. The van der Waals surface area contributed by atoms with Crippen molar-refractivity contribution in [3.63, 3.8) is 0 Å². The van der Waals surface area contributed by atoms with Crippen LogP contribution in [0.25, 0.3) is 0 Å². The van der Waals surface area contributed by atoms with E-state index in [4.69, 9.17) is 0 Å². The first-order chi connectivity index (χ1) is 9.66. The monoisotopic (exact) mass is 338 g/mol. The molecule has 0 aromatic carbocycles. The van der Waals surface area contributed by atoms with E-state index in [0.29, 0.717) is 6.54 Å². The van der Waals surface area contributed by atoms with Crippen LogP contribution >= 0.6 is 15.9 Å². The van der Waals surface area contributed by atoms with Crippen molar-refractivity contribution in [3.8, 4) is 0 Å². The minimum absolute atomic E-state index is 0.286. The number of amides is 1. The molecule has 0 spiro atoms. The highest BCUT2D eigenvalue weighted by molar-refractivity contribution is 9.10. The van der Waals surface area contributed by atoms with E-state index in [-0.39, 0.29) is 12.3 Å². The number of carbonyl (C=O) groups is 1. The zero-order valence-corrected chi connectivity index (χ0v) is 12.9. The zero-order valence-electron chi connectivity index (χ0n) is 11.3. The molecule has 1 amide bonds. The highest BCUT2D eigenvalue weighted by Gasteiger charge is 2.17. The van der Waals surface area contributed by atoms with Crippen molar-refractivity contribution in [2.75, 3.05) is 6.54 Å². The molecule has 2 rings (SSSR count). The number of allylic oxidation sites excluding steroid dienone is 1. The largest absolute Gasteiger partial charge is 0.383 e. The van der Waals surface area contributed by atoms with Crippen molar-refractivity contribution >= 4 is 21.8 Å². The van der Waals surface area contributed by atoms with E-state index in [2.05, 4.69) is 32.3 Å². The van der Waals surface area contributed by atoms with E-state index in [1.165, 1.54) is 18.4 Å². The highest BCUT2D eigenvalue weighted by atomic mass is 79.9. The summed E-state index contributed by atoms with van der Waals surface area (Å²) in [5, 5.41) is 12.8. The lowest BCUT2D eigenvalue weighted by Gasteiger charge is -2.16. The molecule has 1 unspecified atom stereocenters. The number of halogens is 1. The Hall–Kier alpha value is -1.20. The first-order valence-electron chi connectivity index (χ1n) is 6.89. The predicted octanol–water partition coefficient (Wildman–Crippen LogP) is 2.36. The Labute approximate surface area is 127 Å². The van der Waals surface area contributed by atoms with Gasteiger partial charge in [0.15, 0.2) is 0 Å². The molecule has 1 aromatic rings. The normalized spacial score (nSPS) is 16.4. The topological polar surface area (TPSA) is 62.2 Å². The van der Waals surface area contributed by atoms with Crippen LogP contribution in [0.1, 0.15) is 31.2 Å². The molecule has 4 nitrogen and oxygen atoms in total. The van der Waals surface area contributed by atoms with Gasteiger partial charge < -0.3 is 10.4 Å². The third-order valence-corrected chi connectivity index (χ3v) is 4.16. The van der Waals surface area contributed by atoms with Gasteiger partial charge in [-0.1, -0.05) is 11.6 Å². The lowest BCUT2D eigenvalue weighted by molar-refractivity contribution is -0.129. The van der Waals surface area contributed by atoms with Crippen molar-refractivity contribution in [2.24, 2.45) is 0 Å². The number of carbonyl (C=O) groups excluding carboxylic acids is 1. The first-order valence-corrected chi connectivity index (χ1v) is 7.68. The molecule has 0 fully saturated rings. The molecule has 1 heterocycles. The summed E-state index contributed by atoms with van der Waals surface area (Å²) >= 11 is 3.36. The van der Waals surface area contributed by atoms with Crippen molar-refractivity contribution in [3.05, 3.63) is 40.1 Å². The maximum Gasteiger partial charge on any atom is 0.249 e. The van der Waals surface area contributed by atoms with Crippen LogP contribution in [0.4, 0.5) is 0 Å². The Bertz CT molecular complexity index is 502. The molecule has 0 radical (unpaired) electrons. The smallest absolute Gasteiger partial charge is 0.249 e. The maximum atomic E-state index is 11.9. The van der Waals surface area contributed by atoms with E-state index in [9.17, 15) is 9.90 Å². The average molecular weight is 339 g/mol. The van der Waals surface area contributed by atoms with Crippen LogP contribution in [0.5, 0.6) is 0 Å². The lowest BCUT2D eigenvalue weighted by atomic mass is 9.99. The van der Waals surface area contributed by atoms with Crippen LogP contribution in [-0.4, -0.2) is 28.6 Å². The SMILES string of the molecule is O=C(NCC1=CCCCC1)C(O)Cc1ccncc1Br. The van der Waals surface area contributed by atoms with E-state index >= 15 is 0 Å². The van der Waals surface area contributed by atoms with Crippen LogP contribution in [-0.2, 0) is 11.2 Å². The van der Waals surface area contributed by atoms with Gasteiger partial charge >= 0.3 is 0 Å². The van der Waals surface area contributed by atoms with E-state index in [1.54, 1.807) is 18.5 Å². The van der Waals surface area contributed by atoms with Gasteiger partial charge in [0.05, 0.1) is 0 Å². The van der Waals surface area contributed by atoms with E-state index in [0.717, 1.165) is 22.9 Å². The van der Waals surface area contributed by atoms with Crippen LogP contribution in [0, 0.1) is 0 Å². The Morgan fingerprint density at radius 3 is 3.05 bits per heavy atom. The molecular formula is C15H19BrN2O2. The van der Waals surface area contributed by atoms with Crippen molar-refractivity contribution in [1.29, 1.82) is 0 Å². The van der Waals surface area contributed by atoms with Gasteiger partial charge in [-0.15, -0.1) is 0 Å². The van der Waals surface area contributed by atoms with Crippen LogP contribution in [0.15, 0.2) is 34.6 Å². The Balaban J connectivity index is 1.83. The van der Waals surface area contributed by atoms with E-state index in [1.807, 2.05) is 0 Å². The average Bonchev–Trinajstić information content (AvgIpc) is 2.48. The molecule has 1 aliphatic carbocycles. The first kappa shape index (κ1) is 15.2. The van der Waals surface area contributed by atoms with Crippen LogP contribution < -0.4 is 5.32 Å².